The number of benzene rings is 4. The van der Waals surface area contributed by atoms with Crippen molar-refractivity contribution in [3.05, 3.63) is 370 Å². The molecular weight excluding hydrogens is 1340 g/mol. The van der Waals surface area contributed by atoms with E-state index in [-0.39, 0.29) is 90.2 Å². The summed E-state index contributed by atoms with van der Waals surface area (Å²) in [7, 11) is 0. The summed E-state index contributed by atoms with van der Waals surface area (Å²) >= 11 is 0. The summed E-state index contributed by atoms with van der Waals surface area (Å²) in [4.78, 5) is 4.14. The van der Waals surface area contributed by atoms with Crippen molar-refractivity contribution in [2.75, 3.05) is 18.1 Å². The minimum atomic E-state index is -0.914. The maximum atomic E-state index is 15.7. The fraction of sp³-hybridized carbons (Fsp3) is 0.312. The molecule has 1 heterocycles. The van der Waals surface area contributed by atoms with Gasteiger partial charge in [0.1, 0.15) is 29.3 Å². The quantitative estimate of drug-likeness (QED) is 0.0445. The smallest absolute Gasteiger partial charge is 0.156 e. The van der Waals surface area contributed by atoms with E-state index in [1.807, 2.05) is 42.5 Å². The monoisotopic (exact) mass is 1430 g/mol. The highest BCUT2D eigenvalue weighted by molar-refractivity contribution is 5.80. The highest BCUT2D eigenvalue weighted by Gasteiger charge is 2.54. The zero-order chi connectivity index (χ0) is 72.9. The highest BCUT2D eigenvalue weighted by Crippen LogP contribution is 2.63. The van der Waals surface area contributed by atoms with Gasteiger partial charge in [0.2, 0.25) is 0 Å². The first-order chi connectivity index (χ1) is 52.3. The normalized spacial score (nSPS) is 29.7. The molecule has 12 aliphatic carbocycles. The van der Waals surface area contributed by atoms with Crippen LogP contribution < -0.4 is 9.64 Å². The van der Waals surface area contributed by atoms with Gasteiger partial charge in [-0.05, 0) is 213 Å². The predicted molar refractivity (Wildman–Crippen MR) is 418 cm³/mol. The number of anilines is 2. The van der Waals surface area contributed by atoms with E-state index in [0.717, 1.165) is 90.0 Å². The Bertz CT molecular complexity index is 4890. The van der Waals surface area contributed by atoms with Crippen LogP contribution in [0.1, 0.15) is 159 Å². The number of rotatable bonds is 22. The molecular formula is C96H90F6N2O3. The second-order valence-corrected chi connectivity index (χ2v) is 30.9. The van der Waals surface area contributed by atoms with Gasteiger partial charge >= 0.3 is 0 Å². The summed E-state index contributed by atoms with van der Waals surface area (Å²) < 4.78 is 111. The molecule has 5 nitrogen and oxygen atoms in total. The zero-order valence-electron chi connectivity index (χ0n) is 60.3. The molecule has 4 aromatic rings. The first kappa shape index (κ1) is 70.3. The van der Waals surface area contributed by atoms with E-state index in [4.69, 9.17) is 14.2 Å². The summed E-state index contributed by atoms with van der Waals surface area (Å²) in [6.07, 6.45) is 63.8. The lowest BCUT2D eigenvalue weighted by Gasteiger charge is -2.41. The van der Waals surface area contributed by atoms with E-state index in [1.165, 1.54) is 57.2 Å². The van der Waals surface area contributed by atoms with Crippen LogP contribution in [-0.4, -0.2) is 42.5 Å². The van der Waals surface area contributed by atoms with Crippen molar-refractivity contribution in [2.45, 2.75) is 155 Å². The number of fused-ring (bicyclic) bond motifs is 9. The van der Waals surface area contributed by atoms with Gasteiger partial charge in [0, 0.05) is 113 Å². The molecule has 0 aromatic heterocycles. The molecule has 0 saturated carbocycles. The largest absolute Gasteiger partial charge is 0.485 e. The van der Waals surface area contributed by atoms with Crippen molar-refractivity contribution in [1.29, 1.82) is 0 Å². The second-order valence-electron chi connectivity index (χ2n) is 30.9. The summed E-state index contributed by atoms with van der Waals surface area (Å²) in [5, 5.41) is 0. The van der Waals surface area contributed by atoms with E-state index < -0.39 is 34.8 Å². The molecule has 0 radical (unpaired) electrons. The van der Waals surface area contributed by atoms with Crippen molar-refractivity contribution in [1.82, 2.24) is 4.90 Å². The number of hydrogen-bond donors (Lipinski definition) is 0. The van der Waals surface area contributed by atoms with Crippen LogP contribution >= 0.6 is 0 Å². The van der Waals surface area contributed by atoms with Crippen LogP contribution in [0.3, 0.4) is 0 Å². The maximum Gasteiger partial charge on any atom is 0.156 e. The molecule has 0 spiro atoms. The fourth-order valence-corrected chi connectivity index (χ4v) is 19.8. The lowest BCUT2D eigenvalue weighted by molar-refractivity contribution is 0.0666. The predicted octanol–water partition coefficient (Wildman–Crippen LogP) is 24.7. The minimum Gasteiger partial charge on any atom is -0.485 e. The Labute approximate surface area is 625 Å². The first-order valence-electron chi connectivity index (χ1n) is 38.8. The van der Waals surface area contributed by atoms with Gasteiger partial charge in [-0.15, -0.1) is 6.58 Å². The Morgan fingerprint density at radius 2 is 1.30 bits per heavy atom. The van der Waals surface area contributed by atoms with E-state index in [2.05, 4.69) is 199 Å². The standard InChI is InChI=1S/C96H90F6N2O3/c1-3-61-15-41-77(42-16-61)105-53-9-51-95(67-25-29-69(97)30-26-67)85-13-7-5-11-79(85)81-45-23-65(55-87(81)95)63-19-33-71(34-20-63)103(75-37-47-89(99)91(101)59-75)73-39-49-93-83(57-73)84-58-74(40-50-94(84)107-93)104(76-38-48-90(100)92(102)60-76)72-35-21-64(22-36-72)66-24-46-82-80-12-6-8-14-86(80)96(88(82)56-66,68-27-31-70(98)32-28-68)52-10-54-106-78-43-17-62(4-2)18-44-78/h3-8,11-17,19-21,23-25,27,29,31,33-36,39-41,43,45-47,49-50,55-60,62,64,75,77-78,80-81,84,86-87,94H,1-2,9-10,18,22,26,28,30,32,37-38,42,44,48,51-54H2. The van der Waals surface area contributed by atoms with Crippen LogP contribution in [0.5, 0.6) is 5.75 Å². The van der Waals surface area contributed by atoms with Crippen LogP contribution in [0.4, 0.5) is 37.7 Å². The third-order valence-electron chi connectivity index (χ3n) is 25.1. The third-order valence-corrected chi connectivity index (χ3v) is 25.1. The summed E-state index contributed by atoms with van der Waals surface area (Å²) in [5.41, 5.74) is 16.0. The van der Waals surface area contributed by atoms with Crippen LogP contribution in [-0.2, 0) is 20.3 Å². The Morgan fingerprint density at radius 3 is 2.01 bits per heavy atom. The Morgan fingerprint density at radius 1 is 0.551 bits per heavy atom. The van der Waals surface area contributed by atoms with Crippen LogP contribution in [0.15, 0.2) is 331 Å². The molecule has 13 unspecified atom stereocenters. The van der Waals surface area contributed by atoms with Gasteiger partial charge in [0.05, 0.1) is 18.2 Å². The van der Waals surface area contributed by atoms with Crippen molar-refractivity contribution in [3.63, 3.8) is 0 Å². The maximum absolute atomic E-state index is 15.7. The summed E-state index contributed by atoms with van der Waals surface area (Å²) in [5.74, 6) is -2.39. The van der Waals surface area contributed by atoms with Gasteiger partial charge in [-0.25, -0.2) is 26.3 Å². The van der Waals surface area contributed by atoms with Gasteiger partial charge in [-0.3, -0.25) is 0 Å². The average molecular weight is 1430 g/mol. The van der Waals surface area contributed by atoms with Crippen LogP contribution in [0.25, 0.3) is 5.57 Å². The van der Waals surface area contributed by atoms with Crippen molar-refractivity contribution in [2.24, 2.45) is 17.8 Å². The topological polar surface area (TPSA) is 34.2 Å². The van der Waals surface area contributed by atoms with Crippen LogP contribution in [0.2, 0.25) is 0 Å². The Hall–Kier alpha value is -9.68. The molecule has 107 heavy (non-hydrogen) atoms. The first-order valence-corrected chi connectivity index (χ1v) is 38.8. The number of halogens is 6. The van der Waals surface area contributed by atoms with Gasteiger partial charge < -0.3 is 24.0 Å². The van der Waals surface area contributed by atoms with Gasteiger partial charge in [0.15, 0.2) is 17.5 Å². The summed E-state index contributed by atoms with van der Waals surface area (Å²) in [6.45, 7) is 9.12. The van der Waals surface area contributed by atoms with Gasteiger partial charge in [-0.2, -0.15) is 0 Å². The lowest BCUT2D eigenvalue weighted by atomic mass is 9.62. The molecule has 13 atom stereocenters. The van der Waals surface area contributed by atoms with Crippen molar-refractivity contribution in [3.8, 4) is 5.75 Å². The molecule has 0 amide bonds. The van der Waals surface area contributed by atoms with Crippen molar-refractivity contribution >= 4 is 16.9 Å². The van der Waals surface area contributed by atoms with Crippen molar-refractivity contribution < 1.29 is 40.6 Å². The number of hydrogen-bond acceptors (Lipinski definition) is 5. The molecule has 17 rings (SSSR count). The highest BCUT2D eigenvalue weighted by atomic mass is 19.2. The third kappa shape index (κ3) is 13.2. The zero-order valence-corrected chi connectivity index (χ0v) is 60.3. The van der Waals surface area contributed by atoms with E-state index in [9.17, 15) is 8.78 Å². The molecule has 11 heteroatoms. The molecule has 0 N–H and O–H groups in total. The lowest BCUT2D eigenvalue weighted by Crippen LogP contribution is -2.36. The van der Waals surface area contributed by atoms with E-state index in [1.54, 1.807) is 12.2 Å². The fourth-order valence-electron chi connectivity index (χ4n) is 19.8. The minimum absolute atomic E-state index is 0.00400. The molecule has 0 fully saturated rings. The molecule has 544 valence electrons. The molecule has 1 aliphatic heterocycles. The van der Waals surface area contributed by atoms with E-state index >= 15 is 17.6 Å². The average Bonchev–Trinajstić information content (AvgIpc) is 1.56. The molecule has 0 saturated heterocycles. The second kappa shape index (κ2) is 29.8. The number of nitrogens with zero attached hydrogens (tertiary/aromatic N) is 2. The molecule has 0 bridgehead atoms. The molecule has 13 aliphatic rings. The van der Waals surface area contributed by atoms with Gasteiger partial charge in [0.25, 0.3) is 0 Å². The Kier molecular flexibility index (Phi) is 19.6. The van der Waals surface area contributed by atoms with Gasteiger partial charge in [-0.1, -0.05) is 182 Å². The van der Waals surface area contributed by atoms with Crippen LogP contribution in [0, 0.1) is 17.8 Å². The van der Waals surface area contributed by atoms with E-state index in [0.29, 0.717) is 62.7 Å². The molecule has 4 aromatic carbocycles. The SMILES string of the molecule is C=CC1=CCC(OCCCC2(C3=CC=C(F)CC3)c3ccccc3C3C=CC(c4ccc(N(c5ccc6c(c5)C5C=C(N(C7=CCC(c8ccc9c(c8)C(CCCOC8C=CC(C=C)CC8)(C8=CC=C(F)CC8)C8C=CC=CC98)C=C7)C7=CC(F)=C(F)CC7)C=CC5O6)C5C=C(F)C(F)=CC5)cc4)=CC32)C=C1. The summed E-state index contributed by atoms with van der Waals surface area (Å²) in [6, 6.07) is 29.6. The number of allylic oxidation sites excluding steroid dienone is 31. The Balaban J connectivity index is 0.659. The number of ether oxygens (including phenoxy) is 3.